The highest BCUT2D eigenvalue weighted by atomic mass is 16.5. The van der Waals surface area contributed by atoms with Crippen molar-refractivity contribution in [2.75, 3.05) is 17.2 Å². The predicted molar refractivity (Wildman–Crippen MR) is 114 cm³/mol. The third-order valence-corrected chi connectivity index (χ3v) is 4.45. The minimum atomic E-state index is -0.345. The van der Waals surface area contributed by atoms with Gasteiger partial charge in [-0.2, -0.15) is 0 Å². The summed E-state index contributed by atoms with van der Waals surface area (Å²) >= 11 is 0. The van der Waals surface area contributed by atoms with Gasteiger partial charge in [-0.1, -0.05) is 6.07 Å². The summed E-state index contributed by atoms with van der Waals surface area (Å²) in [6.45, 7) is 6.48. The molecule has 3 rings (SSSR count). The molecule has 29 heavy (non-hydrogen) atoms. The Kier molecular flexibility index (Phi) is 6.24. The average molecular weight is 389 g/mol. The number of amides is 2. The molecule has 0 aliphatic rings. The lowest BCUT2D eigenvalue weighted by Crippen LogP contribution is -2.16. The fourth-order valence-electron chi connectivity index (χ4n) is 2.72. The lowest BCUT2D eigenvalue weighted by Gasteiger charge is -2.09. The molecular weight excluding hydrogens is 366 g/mol. The Bertz CT molecular complexity index is 1030. The van der Waals surface area contributed by atoms with Crippen molar-refractivity contribution in [1.82, 2.24) is 4.98 Å². The Morgan fingerprint density at radius 2 is 1.41 bits per heavy atom. The molecule has 0 fully saturated rings. The topological polar surface area (TPSA) is 80.3 Å². The standard InChI is InChI=1S/C23H23N3O3/c1-4-29-21-9-7-19(8-10-21)25-22(27)17-12-18(14-24-13-17)23(28)26-20-6-5-15(2)16(3)11-20/h5-14H,4H2,1-3H3,(H,25,27)(H,26,28). The van der Waals surface area contributed by atoms with Gasteiger partial charge < -0.3 is 15.4 Å². The normalized spacial score (nSPS) is 10.3. The summed E-state index contributed by atoms with van der Waals surface area (Å²) < 4.78 is 5.39. The van der Waals surface area contributed by atoms with E-state index in [1.807, 2.05) is 39.0 Å². The minimum Gasteiger partial charge on any atom is -0.494 e. The van der Waals surface area contributed by atoms with Crippen molar-refractivity contribution in [3.05, 3.63) is 83.2 Å². The van der Waals surface area contributed by atoms with E-state index >= 15 is 0 Å². The van der Waals surface area contributed by atoms with E-state index in [4.69, 9.17) is 4.74 Å². The second-order valence-electron chi connectivity index (χ2n) is 6.63. The van der Waals surface area contributed by atoms with Crippen LogP contribution in [0.5, 0.6) is 5.75 Å². The van der Waals surface area contributed by atoms with Gasteiger partial charge in [-0.05, 0) is 74.4 Å². The van der Waals surface area contributed by atoms with Crippen molar-refractivity contribution in [2.24, 2.45) is 0 Å². The van der Waals surface area contributed by atoms with Gasteiger partial charge in [0.2, 0.25) is 0 Å². The Morgan fingerprint density at radius 1 is 0.828 bits per heavy atom. The summed E-state index contributed by atoms with van der Waals surface area (Å²) in [4.78, 5) is 29.1. The first-order chi connectivity index (χ1) is 14.0. The third kappa shape index (κ3) is 5.19. The summed E-state index contributed by atoms with van der Waals surface area (Å²) in [7, 11) is 0. The smallest absolute Gasteiger partial charge is 0.257 e. The summed E-state index contributed by atoms with van der Waals surface area (Å²) in [6.07, 6.45) is 2.86. The molecule has 2 N–H and O–H groups in total. The monoisotopic (exact) mass is 389 g/mol. The van der Waals surface area contributed by atoms with Gasteiger partial charge in [0.05, 0.1) is 17.7 Å². The molecule has 0 saturated carbocycles. The highest BCUT2D eigenvalue weighted by Crippen LogP contribution is 2.18. The van der Waals surface area contributed by atoms with Crippen LogP contribution in [0, 0.1) is 13.8 Å². The SMILES string of the molecule is CCOc1ccc(NC(=O)c2cncc(C(=O)Nc3ccc(C)c(C)c3)c2)cc1. The van der Waals surface area contributed by atoms with E-state index in [0.29, 0.717) is 29.1 Å². The molecule has 0 unspecified atom stereocenters. The van der Waals surface area contributed by atoms with Crippen LogP contribution in [-0.2, 0) is 0 Å². The van der Waals surface area contributed by atoms with Crippen LogP contribution in [0.4, 0.5) is 11.4 Å². The lowest BCUT2D eigenvalue weighted by atomic mass is 10.1. The first-order valence-corrected chi connectivity index (χ1v) is 9.34. The molecule has 6 heteroatoms. The summed E-state index contributed by atoms with van der Waals surface area (Å²) in [6, 6.07) is 14.3. The van der Waals surface area contributed by atoms with Gasteiger partial charge in [-0.25, -0.2) is 0 Å². The fourth-order valence-corrected chi connectivity index (χ4v) is 2.72. The number of carbonyl (C=O) groups excluding carboxylic acids is 2. The van der Waals surface area contributed by atoms with Crippen molar-refractivity contribution in [3.8, 4) is 5.75 Å². The highest BCUT2D eigenvalue weighted by molar-refractivity contribution is 6.08. The first kappa shape index (κ1) is 20.1. The Hall–Kier alpha value is -3.67. The van der Waals surface area contributed by atoms with E-state index in [-0.39, 0.29) is 11.8 Å². The maximum atomic E-state index is 12.5. The fraction of sp³-hybridized carbons (Fsp3) is 0.174. The zero-order valence-corrected chi connectivity index (χ0v) is 16.7. The number of pyridine rings is 1. The molecule has 1 aromatic heterocycles. The van der Waals surface area contributed by atoms with Crippen LogP contribution in [0.1, 0.15) is 38.8 Å². The molecule has 148 valence electrons. The Labute approximate surface area is 169 Å². The number of rotatable bonds is 6. The summed E-state index contributed by atoms with van der Waals surface area (Å²) in [5, 5.41) is 5.63. The van der Waals surface area contributed by atoms with E-state index in [9.17, 15) is 9.59 Å². The van der Waals surface area contributed by atoms with Gasteiger partial charge in [0, 0.05) is 23.8 Å². The Balaban J connectivity index is 1.69. The number of benzene rings is 2. The number of hydrogen-bond donors (Lipinski definition) is 2. The molecule has 2 amide bonds. The summed E-state index contributed by atoms with van der Waals surface area (Å²) in [5.41, 5.74) is 4.17. The van der Waals surface area contributed by atoms with E-state index in [1.165, 1.54) is 18.5 Å². The maximum absolute atomic E-state index is 12.5. The largest absolute Gasteiger partial charge is 0.494 e. The number of aromatic nitrogens is 1. The van der Waals surface area contributed by atoms with Crippen LogP contribution in [0.2, 0.25) is 0 Å². The van der Waals surface area contributed by atoms with E-state index < -0.39 is 0 Å². The molecule has 0 atom stereocenters. The van der Waals surface area contributed by atoms with Gasteiger partial charge in [0.15, 0.2) is 0 Å². The number of aryl methyl sites for hydroxylation is 2. The number of anilines is 2. The molecule has 1 heterocycles. The van der Waals surface area contributed by atoms with Gasteiger partial charge >= 0.3 is 0 Å². The number of ether oxygens (including phenoxy) is 1. The predicted octanol–water partition coefficient (Wildman–Crippen LogP) is 4.60. The second kappa shape index (κ2) is 9.01. The van der Waals surface area contributed by atoms with Crippen LogP contribution in [0.25, 0.3) is 0 Å². The van der Waals surface area contributed by atoms with Gasteiger partial charge in [-0.15, -0.1) is 0 Å². The number of nitrogens with one attached hydrogen (secondary N) is 2. The Morgan fingerprint density at radius 3 is 2.00 bits per heavy atom. The molecule has 0 aliphatic heterocycles. The molecule has 0 aliphatic carbocycles. The molecule has 0 saturated heterocycles. The van der Waals surface area contributed by atoms with Crippen LogP contribution < -0.4 is 15.4 Å². The molecule has 3 aromatic rings. The highest BCUT2D eigenvalue weighted by Gasteiger charge is 2.12. The zero-order chi connectivity index (χ0) is 20.8. The van der Waals surface area contributed by atoms with Crippen molar-refractivity contribution >= 4 is 23.2 Å². The zero-order valence-electron chi connectivity index (χ0n) is 16.7. The first-order valence-electron chi connectivity index (χ1n) is 9.34. The van der Waals surface area contributed by atoms with Gasteiger partial charge in [0.25, 0.3) is 11.8 Å². The average Bonchev–Trinajstić information content (AvgIpc) is 2.72. The minimum absolute atomic E-state index is 0.298. The molecule has 0 radical (unpaired) electrons. The third-order valence-electron chi connectivity index (χ3n) is 4.45. The maximum Gasteiger partial charge on any atom is 0.257 e. The van der Waals surface area contributed by atoms with Crippen molar-refractivity contribution in [2.45, 2.75) is 20.8 Å². The second-order valence-corrected chi connectivity index (χ2v) is 6.63. The van der Waals surface area contributed by atoms with Crippen LogP contribution in [0.3, 0.4) is 0 Å². The van der Waals surface area contributed by atoms with Gasteiger partial charge in [0.1, 0.15) is 5.75 Å². The van der Waals surface area contributed by atoms with Crippen LogP contribution >= 0.6 is 0 Å². The number of nitrogens with zero attached hydrogens (tertiary/aromatic N) is 1. The molecule has 2 aromatic carbocycles. The summed E-state index contributed by atoms with van der Waals surface area (Å²) in [5.74, 6) is 0.0659. The van der Waals surface area contributed by atoms with Crippen molar-refractivity contribution in [3.63, 3.8) is 0 Å². The van der Waals surface area contributed by atoms with E-state index in [0.717, 1.165) is 16.9 Å². The van der Waals surface area contributed by atoms with Gasteiger partial charge in [-0.3, -0.25) is 14.6 Å². The van der Waals surface area contributed by atoms with E-state index in [1.54, 1.807) is 24.3 Å². The number of carbonyl (C=O) groups is 2. The molecule has 0 spiro atoms. The van der Waals surface area contributed by atoms with E-state index in [2.05, 4.69) is 15.6 Å². The molecule has 6 nitrogen and oxygen atoms in total. The van der Waals surface area contributed by atoms with Crippen LogP contribution in [0.15, 0.2) is 60.9 Å². The molecule has 0 bridgehead atoms. The lowest BCUT2D eigenvalue weighted by molar-refractivity contribution is 0.102. The van der Waals surface area contributed by atoms with Crippen molar-refractivity contribution in [1.29, 1.82) is 0 Å². The van der Waals surface area contributed by atoms with Crippen molar-refractivity contribution < 1.29 is 14.3 Å². The van der Waals surface area contributed by atoms with Crippen LogP contribution in [-0.4, -0.2) is 23.4 Å². The molecular formula is C23H23N3O3. The number of hydrogen-bond acceptors (Lipinski definition) is 4. The quantitative estimate of drug-likeness (QED) is 0.646.